The summed E-state index contributed by atoms with van der Waals surface area (Å²) in [5, 5.41) is 67.8. The quantitative estimate of drug-likeness (QED) is 0.0111. The average Bonchev–Trinajstić information content (AvgIpc) is 1.71. The molecule has 1 aromatic carbocycles. The molecule has 0 radical (unpaired) electrons. The van der Waals surface area contributed by atoms with E-state index in [-0.39, 0.29) is 122 Å². The molecule has 9 atom stereocenters. The summed E-state index contributed by atoms with van der Waals surface area (Å²) in [7, 11) is 0. The first-order valence-electron chi connectivity index (χ1n) is 37.9. The highest BCUT2D eigenvalue weighted by Gasteiger charge is 2.36. The number of rotatable bonds is 48. The van der Waals surface area contributed by atoms with Crippen LogP contribution in [-0.4, -0.2) is 325 Å². The Hall–Kier alpha value is -11.8. The molecule has 117 heavy (non-hydrogen) atoms. The summed E-state index contributed by atoms with van der Waals surface area (Å²) >= 11 is 1.44. The maximum atomic E-state index is 14.8. The molecule has 1 aliphatic heterocycles. The standard InChI is InChI=1S/C72H111N25O19S/c1-40(2)24-50(67(112)89-48(63(74)108)13-23-117-6)90-68(113)52(26-44-30-77-38-83-44)87-57(100)33-82-71(116)62(41(3)4)93-64(109)42(5)85-66(111)51(25-43-29-80-47-11-8-7-10-46(43)47)91-69(114)53(27-45-31-78-39-84-45)92-70(115)54(28-55(73)98)88-56(99)32-81-65(110)49(12-9-14-79-72(75)76)86-58(101)34-94-15-17-95(35-59(102)103)19-21-97(37-61(106)107)22-20-96(18-16-94)36-60(104)105/h7-8,10-11,29-31,38-42,48-54,62,80H,9,12-28,32-37H2,1-6H3,(H2,73,98)(H2,74,108)(H,77,83)(H,78,84)(H,81,110)(H,82,116)(H,85,111)(H,86,101)(H,87,100)(H,88,99)(H,89,112)(H,90,113)(H,91,114)(H,92,115)(H,93,109)(H,102,103)(H,104,105)(H,106,107)(H4,75,76,79)/t42-,48-,49-,50-,51-,52-,53-,54-,62-/m0/s1. The molecule has 4 heterocycles. The van der Waals surface area contributed by atoms with Crippen molar-refractivity contribution in [1.82, 2.24) is 108 Å². The van der Waals surface area contributed by atoms with E-state index in [1.54, 1.807) is 63.9 Å². The fraction of sp³-hybridized carbons (Fsp3) is 0.569. The number of hydrogen-bond acceptors (Lipinski definition) is 24. The number of thioether (sulfide) groups is 1. The molecule has 3 aromatic heterocycles. The second-order valence-electron chi connectivity index (χ2n) is 28.9. The van der Waals surface area contributed by atoms with E-state index in [0.717, 1.165) is 0 Å². The molecule has 0 bridgehead atoms. The van der Waals surface area contributed by atoms with E-state index in [2.05, 4.69) is 88.7 Å². The molecule has 4 aromatic rings. The van der Waals surface area contributed by atoms with Gasteiger partial charge in [-0.1, -0.05) is 45.9 Å². The van der Waals surface area contributed by atoms with Crippen LogP contribution in [0.3, 0.4) is 0 Å². The zero-order chi connectivity index (χ0) is 86.4. The number of aromatic nitrogens is 5. The Morgan fingerprint density at radius 3 is 1.43 bits per heavy atom. The summed E-state index contributed by atoms with van der Waals surface area (Å²) in [6.07, 6.45) is 7.55. The van der Waals surface area contributed by atoms with Gasteiger partial charge in [-0.3, -0.25) is 102 Å². The number of nitrogens with zero attached hydrogens (tertiary/aromatic N) is 6. The molecule has 44 nitrogen and oxygen atoms in total. The van der Waals surface area contributed by atoms with Crippen LogP contribution in [0.2, 0.25) is 0 Å². The number of aromatic amines is 3. The molecular weight excluding hydrogens is 1550 g/mol. The first-order valence-corrected chi connectivity index (χ1v) is 39.3. The first-order chi connectivity index (χ1) is 55.5. The van der Waals surface area contributed by atoms with E-state index in [1.807, 2.05) is 20.1 Å². The molecule has 0 spiro atoms. The molecule has 5 rings (SSSR count). The van der Waals surface area contributed by atoms with Gasteiger partial charge in [-0.05, 0) is 68.1 Å². The van der Waals surface area contributed by atoms with Crippen LogP contribution in [-0.2, 0) is 96.0 Å². The zero-order valence-electron chi connectivity index (χ0n) is 66.2. The van der Waals surface area contributed by atoms with Gasteiger partial charge in [0.15, 0.2) is 5.96 Å². The van der Waals surface area contributed by atoms with E-state index in [1.165, 1.54) is 43.7 Å². The summed E-state index contributed by atoms with van der Waals surface area (Å²) in [6, 6.07) is -5.75. The minimum absolute atomic E-state index is 0.0545. The monoisotopic (exact) mass is 1660 g/mol. The predicted molar refractivity (Wildman–Crippen MR) is 424 cm³/mol. The number of benzene rings is 1. The van der Waals surface area contributed by atoms with Crippen molar-refractivity contribution in [1.29, 1.82) is 5.41 Å². The number of hydrogen-bond donors (Lipinski definition) is 22. The number of guanidine groups is 1. The summed E-state index contributed by atoms with van der Waals surface area (Å²) in [6.45, 7) is 5.62. The number of primary amides is 2. The second kappa shape index (κ2) is 49.2. The van der Waals surface area contributed by atoms with Crippen molar-refractivity contribution in [2.75, 3.05) is 110 Å². The molecule has 1 fully saturated rings. The number of H-pyrrole nitrogens is 3. The number of nitrogens with one attached hydrogen (secondary N) is 16. The van der Waals surface area contributed by atoms with Crippen molar-refractivity contribution in [3.05, 3.63) is 72.5 Å². The number of fused-ring (bicyclic) bond motifs is 1. The Balaban J connectivity index is 1.29. The smallest absolute Gasteiger partial charge is 0.317 e. The number of nitrogens with two attached hydrogens (primary N) is 3. The van der Waals surface area contributed by atoms with Crippen molar-refractivity contribution in [2.24, 2.45) is 29.0 Å². The summed E-state index contributed by atoms with van der Waals surface area (Å²) in [5.41, 5.74) is 18.5. The molecule has 0 aliphatic carbocycles. The first kappa shape index (κ1) is 95.7. The van der Waals surface area contributed by atoms with Crippen LogP contribution >= 0.6 is 11.8 Å². The number of para-hydroxylation sites is 1. The third kappa shape index (κ3) is 35.4. The minimum Gasteiger partial charge on any atom is -0.480 e. The molecule has 1 saturated heterocycles. The highest BCUT2D eigenvalue weighted by atomic mass is 32.2. The zero-order valence-corrected chi connectivity index (χ0v) is 67.0. The summed E-state index contributed by atoms with van der Waals surface area (Å²) in [5.74, 6) is -15.9. The van der Waals surface area contributed by atoms with Crippen molar-refractivity contribution in [2.45, 2.75) is 140 Å². The number of carboxylic acids is 3. The van der Waals surface area contributed by atoms with E-state index >= 15 is 0 Å². The molecule has 0 saturated carbocycles. The highest BCUT2D eigenvalue weighted by molar-refractivity contribution is 7.98. The largest absolute Gasteiger partial charge is 0.480 e. The van der Waals surface area contributed by atoms with Crippen molar-refractivity contribution >= 4 is 123 Å². The fourth-order valence-electron chi connectivity index (χ4n) is 12.4. The molecule has 25 N–H and O–H groups in total. The lowest BCUT2D eigenvalue weighted by atomic mass is 10.0. The Bertz CT molecular complexity index is 4000. The van der Waals surface area contributed by atoms with Crippen molar-refractivity contribution < 1.29 is 92.0 Å². The van der Waals surface area contributed by atoms with E-state index < -0.39 is 200 Å². The Morgan fingerprint density at radius 2 is 0.949 bits per heavy atom. The Kier molecular flexibility index (Phi) is 40.2. The highest BCUT2D eigenvalue weighted by Crippen LogP contribution is 2.20. The van der Waals surface area contributed by atoms with Crippen LogP contribution in [0.4, 0.5) is 0 Å². The number of carbonyl (C=O) groups is 16. The molecule has 1 aliphatic rings. The average molecular weight is 1660 g/mol. The number of amides is 13. The maximum absolute atomic E-state index is 14.8. The van der Waals surface area contributed by atoms with Gasteiger partial charge in [0, 0.05) is 119 Å². The van der Waals surface area contributed by atoms with E-state index in [4.69, 9.17) is 22.6 Å². The van der Waals surface area contributed by atoms with E-state index in [9.17, 15) is 92.0 Å². The van der Waals surface area contributed by atoms with Crippen LogP contribution in [0.15, 0.2) is 55.5 Å². The SMILES string of the molecule is CSCC[C@H](NC(=O)[C@H](CC(C)C)NC(=O)[C@H](Cc1cnc[nH]1)NC(=O)CNC(=O)[C@@H](NC(=O)[C@H](C)NC(=O)[C@H](Cc1c[nH]c2ccccc12)NC(=O)[C@H](Cc1cnc[nH]1)NC(=O)[C@H](CC(N)=O)NC(=O)CNC(=O)[C@H](CCCNC(=N)N)NC(=O)CN1CCN(CC(=O)O)CCN(CC(=O)O)CCN(CC(=O)O)CC1)C(C)C)C(N)=O. The van der Waals surface area contributed by atoms with Gasteiger partial charge < -0.3 is 111 Å². The second-order valence-corrected chi connectivity index (χ2v) is 29.9. The van der Waals surface area contributed by atoms with Gasteiger partial charge in [0.05, 0.1) is 58.3 Å². The van der Waals surface area contributed by atoms with Crippen molar-refractivity contribution in [3.63, 3.8) is 0 Å². The number of aliphatic carboxylic acids is 3. The summed E-state index contributed by atoms with van der Waals surface area (Å²) in [4.78, 5) is 238. The van der Waals surface area contributed by atoms with Gasteiger partial charge >= 0.3 is 17.9 Å². The topological polar surface area (TPSA) is 666 Å². The number of carboxylic acid groups (broad SMARTS) is 3. The van der Waals surface area contributed by atoms with Crippen LogP contribution in [0, 0.1) is 17.2 Å². The lowest BCUT2D eigenvalue weighted by Gasteiger charge is -2.33. The van der Waals surface area contributed by atoms with Gasteiger partial charge in [0.1, 0.15) is 54.4 Å². The third-order valence-corrected chi connectivity index (χ3v) is 19.1. The molecule has 45 heteroatoms. The molecule has 13 amide bonds. The Labute approximate surface area is 678 Å². The molecule has 0 unspecified atom stereocenters. The minimum atomic E-state index is -1.84. The van der Waals surface area contributed by atoms with Crippen LogP contribution in [0.5, 0.6) is 0 Å². The van der Waals surface area contributed by atoms with Gasteiger partial charge in [0.25, 0.3) is 0 Å². The van der Waals surface area contributed by atoms with Gasteiger partial charge in [-0.15, -0.1) is 0 Å². The van der Waals surface area contributed by atoms with E-state index in [0.29, 0.717) is 27.9 Å². The Morgan fingerprint density at radius 1 is 0.496 bits per heavy atom. The lowest BCUT2D eigenvalue weighted by Crippen LogP contribution is -2.60. The predicted octanol–water partition coefficient (Wildman–Crippen LogP) is -7.19. The number of carbonyl (C=O) groups excluding carboxylic acids is 13. The summed E-state index contributed by atoms with van der Waals surface area (Å²) < 4.78 is 0. The van der Waals surface area contributed by atoms with Crippen LogP contribution in [0.1, 0.15) is 83.7 Å². The van der Waals surface area contributed by atoms with Crippen molar-refractivity contribution in [3.8, 4) is 0 Å². The van der Waals surface area contributed by atoms with Gasteiger partial charge in [-0.25, -0.2) is 9.97 Å². The van der Waals surface area contributed by atoms with Crippen LogP contribution < -0.4 is 81.0 Å². The third-order valence-electron chi connectivity index (χ3n) is 18.5. The maximum Gasteiger partial charge on any atom is 0.317 e. The molecular formula is C72H111N25O19S. The van der Waals surface area contributed by atoms with Gasteiger partial charge in [-0.2, -0.15) is 11.8 Å². The lowest BCUT2D eigenvalue weighted by molar-refractivity contribution is -0.140. The fourth-order valence-corrected chi connectivity index (χ4v) is 12.9. The normalized spacial score (nSPS) is 15.6. The molecule has 644 valence electrons. The number of imidazole rings is 2. The van der Waals surface area contributed by atoms with Crippen LogP contribution in [0.25, 0.3) is 10.9 Å². The van der Waals surface area contributed by atoms with Gasteiger partial charge in [0.2, 0.25) is 76.8 Å².